The summed E-state index contributed by atoms with van der Waals surface area (Å²) in [4.78, 5) is 110. The van der Waals surface area contributed by atoms with Gasteiger partial charge in [0.1, 0.15) is 35.4 Å². The Morgan fingerprint density at radius 3 is 1.12 bits per heavy atom. The van der Waals surface area contributed by atoms with E-state index in [1.165, 1.54) is 87.7 Å². The largest absolute Gasteiger partial charge is 0.496 e. The van der Waals surface area contributed by atoms with Crippen molar-refractivity contribution < 1.29 is 52.6 Å². The molecule has 0 radical (unpaired) electrons. The van der Waals surface area contributed by atoms with Crippen molar-refractivity contribution in [2.45, 2.75) is 113 Å². The van der Waals surface area contributed by atoms with Gasteiger partial charge >= 0.3 is 0 Å². The van der Waals surface area contributed by atoms with Crippen LogP contribution in [0.1, 0.15) is 125 Å². The lowest BCUT2D eigenvalue weighted by atomic mass is 10.0. The number of primary amides is 1. The molecule has 24 nitrogen and oxygen atoms in total. The zero-order valence-corrected chi connectivity index (χ0v) is 47.9. The summed E-state index contributed by atoms with van der Waals surface area (Å²) in [5.74, 6) is -4.46. The minimum absolute atomic E-state index is 0.0210. The lowest BCUT2D eigenvalue weighted by molar-refractivity contribution is -0.118. The maximum Gasteiger partial charge on any atom is 0.255 e. The Bertz CT molecular complexity index is 2820. The van der Waals surface area contributed by atoms with Gasteiger partial charge < -0.3 is 85.8 Å². The Morgan fingerprint density at radius 1 is 0.427 bits per heavy atom. The standard InChI is InChI=1S/C57H81N13O11S/c1-79-46-22-18-34(30-38(46)50(63)71)65-56(77)44(16-8-12-28-60)69-52(73)40-32-36(20-24-48(40)81-3)66-57(78)45(17-9-13-29-61)70-53(74)41-33-37(21-25-49(41)82-4)67-55(76)43(15-6-5-10-26-58)68-51(72)39-31-35(19-23-47(39)80-2)64-54(75)42(62)14-7-11-27-59/h18-25,30-33,42-45H,5-17,26-29,58-62H2,1-4H3,(H2,63,71)(H,64,75)(H,65,77)(H,66,78)(H,67,76)(H,68,72)(H,69,73)(H,70,74)/t42-,43-,44-,45-/m0/s1. The van der Waals surface area contributed by atoms with Crippen molar-refractivity contribution in [3.8, 4) is 17.2 Å². The summed E-state index contributed by atoms with van der Waals surface area (Å²) < 4.78 is 16.2. The molecule has 19 N–H and O–H groups in total. The third-order valence-electron chi connectivity index (χ3n) is 13.1. The summed E-state index contributed by atoms with van der Waals surface area (Å²) in [7, 11) is 4.12. The van der Waals surface area contributed by atoms with Gasteiger partial charge in [0.05, 0.1) is 49.6 Å². The molecule has 8 amide bonds. The van der Waals surface area contributed by atoms with Gasteiger partial charge in [-0.15, -0.1) is 11.8 Å². The van der Waals surface area contributed by atoms with Crippen LogP contribution in [0.5, 0.6) is 17.2 Å². The molecule has 0 bridgehead atoms. The first-order valence-electron chi connectivity index (χ1n) is 27.2. The van der Waals surface area contributed by atoms with Crippen LogP contribution in [0.2, 0.25) is 0 Å². The first-order valence-corrected chi connectivity index (χ1v) is 28.4. The molecule has 0 aromatic heterocycles. The number of carbonyl (C=O) groups excluding carboxylic acids is 8. The molecule has 25 heteroatoms. The zero-order chi connectivity index (χ0) is 60.1. The predicted molar refractivity (Wildman–Crippen MR) is 318 cm³/mol. The molecular weight excluding hydrogens is 1070 g/mol. The second-order valence-corrected chi connectivity index (χ2v) is 20.0. The molecule has 0 aliphatic rings. The van der Waals surface area contributed by atoms with Crippen LogP contribution < -0.4 is 85.8 Å². The van der Waals surface area contributed by atoms with Gasteiger partial charge in [0.15, 0.2) is 0 Å². The van der Waals surface area contributed by atoms with Crippen LogP contribution in [0.3, 0.4) is 0 Å². The number of benzene rings is 4. The highest BCUT2D eigenvalue weighted by Gasteiger charge is 2.29. The van der Waals surface area contributed by atoms with E-state index in [2.05, 4.69) is 37.2 Å². The van der Waals surface area contributed by atoms with E-state index in [1.54, 1.807) is 24.5 Å². The fourth-order valence-corrected chi connectivity index (χ4v) is 9.18. The molecule has 4 rings (SSSR count). The third kappa shape index (κ3) is 20.6. The number of thioether (sulfide) groups is 1. The van der Waals surface area contributed by atoms with Gasteiger partial charge in [0, 0.05) is 27.6 Å². The molecule has 0 saturated carbocycles. The highest BCUT2D eigenvalue weighted by Crippen LogP contribution is 2.28. The number of anilines is 4. The van der Waals surface area contributed by atoms with Gasteiger partial charge in [0.2, 0.25) is 23.6 Å². The molecule has 4 aromatic carbocycles. The van der Waals surface area contributed by atoms with Crippen molar-refractivity contribution in [1.82, 2.24) is 16.0 Å². The second kappa shape index (κ2) is 35.1. The Labute approximate surface area is 482 Å². The molecule has 0 fully saturated rings. The molecule has 0 saturated heterocycles. The van der Waals surface area contributed by atoms with Crippen molar-refractivity contribution >= 4 is 81.8 Å². The first kappa shape index (κ1) is 66.7. The molecule has 446 valence electrons. The minimum Gasteiger partial charge on any atom is -0.496 e. The van der Waals surface area contributed by atoms with Crippen molar-refractivity contribution in [1.29, 1.82) is 0 Å². The van der Waals surface area contributed by atoms with Gasteiger partial charge in [-0.25, -0.2) is 0 Å². The molecular formula is C57H81N13O11S. The number of unbranched alkanes of at least 4 members (excludes halogenated alkanes) is 5. The van der Waals surface area contributed by atoms with Crippen molar-refractivity contribution in [2.75, 3.05) is 75.0 Å². The lowest BCUT2D eigenvalue weighted by Gasteiger charge is -2.22. The number of carbonyl (C=O) groups is 8. The number of nitrogens with two attached hydrogens (primary N) is 6. The van der Waals surface area contributed by atoms with Gasteiger partial charge in [0.25, 0.3) is 23.6 Å². The summed E-state index contributed by atoms with van der Waals surface area (Å²) in [5.41, 5.74) is 35.7. The molecule has 0 unspecified atom stereocenters. The zero-order valence-electron chi connectivity index (χ0n) is 47.1. The average Bonchev–Trinajstić information content (AvgIpc) is 3.47. The van der Waals surface area contributed by atoms with Gasteiger partial charge in [-0.3, -0.25) is 38.4 Å². The predicted octanol–water partition coefficient (Wildman–Crippen LogP) is 3.92. The van der Waals surface area contributed by atoms with Gasteiger partial charge in [-0.1, -0.05) is 19.3 Å². The molecule has 0 spiro atoms. The molecule has 0 aliphatic carbocycles. The second-order valence-electron chi connectivity index (χ2n) is 19.2. The maximum atomic E-state index is 14.3. The van der Waals surface area contributed by atoms with Crippen LogP contribution in [0, 0.1) is 0 Å². The van der Waals surface area contributed by atoms with Crippen LogP contribution in [0.25, 0.3) is 0 Å². The number of nitrogens with one attached hydrogen (secondary N) is 7. The van der Waals surface area contributed by atoms with Crippen LogP contribution in [0.4, 0.5) is 22.7 Å². The van der Waals surface area contributed by atoms with Crippen LogP contribution >= 0.6 is 11.8 Å². The molecule has 0 aliphatic heterocycles. The molecule has 4 aromatic rings. The molecule has 4 atom stereocenters. The summed E-state index contributed by atoms with van der Waals surface area (Å²) >= 11 is 1.27. The Kier molecular flexibility index (Phi) is 28.6. The molecule has 0 heterocycles. The Hall–Kier alpha value is -7.81. The topological polar surface area (TPSA) is 405 Å². The third-order valence-corrected chi connectivity index (χ3v) is 13.9. The van der Waals surface area contributed by atoms with Crippen molar-refractivity contribution in [3.63, 3.8) is 0 Å². The van der Waals surface area contributed by atoms with Crippen molar-refractivity contribution in [2.24, 2.45) is 34.4 Å². The fraction of sp³-hybridized carbons (Fsp3) is 0.439. The van der Waals surface area contributed by atoms with Crippen LogP contribution in [-0.2, 0) is 19.2 Å². The number of ether oxygens (including phenoxy) is 3. The summed E-state index contributed by atoms with van der Waals surface area (Å²) in [5, 5.41) is 19.6. The summed E-state index contributed by atoms with van der Waals surface area (Å²) in [6.07, 6.45) is 8.12. The number of hydrogen-bond donors (Lipinski definition) is 13. The SMILES string of the molecule is COc1ccc(NC(=O)[C@H](CCCCN)NC(=O)c2cc(NC(=O)[C@H](CCCCN)NC(=O)c3cc(NC(=O)[C@H](CCCCCN)NC(=O)c4cc(NC(=O)[C@@H](N)CCCCN)ccc4OC)ccc3SC)ccc2OC)cc1C(N)=O. The van der Waals surface area contributed by atoms with Crippen LogP contribution in [0.15, 0.2) is 77.7 Å². The monoisotopic (exact) mass is 1160 g/mol. The number of hydrogen-bond acceptors (Lipinski definition) is 17. The van der Waals surface area contributed by atoms with Crippen LogP contribution in [-0.4, -0.2) is 125 Å². The minimum atomic E-state index is -1.12. The maximum absolute atomic E-state index is 14.3. The smallest absolute Gasteiger partial charge is 0.255 e. The van der Waals surface area contributed by atoms with Gasteiger partial charge in [-0.05, 0) is 169 Å². The first-order chi connectivity index (χ1) is 39.4. The quantitative estimate of drug-likeness (QED) is 0.0227. The van der Waals surface area contributed by atoms with E-state index in [9.17, 15) is 38.4 Å². The van der Waals surface area contributed by atoms with Crippen molar-refractivity contribution in [3.05, 3.63) is 95.1 Å². The number of methoxy groups -OCH3 is 3. The van der Waals surface area contributed by atoms with E-state index in [4.69, 9.17) is 48.6 Å². The van der Waals surface area contributed by atoms with E-state index in [-0.39, 0.29) is 75.8 Å². The van der Waals surface area contributed by atoms with E-state index >= 15 is 0 Å². The van der Waals surface area contributed by atoms with E-state index in [0.717, 1.165) is 6.42 Å². The average molecular weight is 1160 g/mol. The van der Waals surface area contributed by atoms with E-state index < -0.39 is 71.4 Å². The fourth-order valence-electron chi connectivity index (χ4n) is 8.60. The normalized spacial score (nSPS) is 12.4. The number of amides is 8. The number of rotatable bonds is 36. The van der Waals surface area contributed by atoms with E-state index in [1.807, 2.05) is 0 Å². The highest BCUT2D eigenvalue weighted by molar-refractivity contribution is 7.98. The Balaban J connectivity index is 1.56. The van der Waals surface area contributed by atoms with Gasteiger partial charge in [-0.2, -0.15) is 0 Å². The highest BCUT2D eigenvalue weighted by atomic mass is 32.2. The molecule has 82 heavy (non-hydrogen) atoms. The summed E-state index contributed by atoms with van der Waals surface area (Å²) in [6.45, 7) is 1.60. The Morgan fingerprint density at radius 2 is 0.744 bits per heavy atom. The lowest BCUT2D eigenvalue weighted by Crippen LogP contribution is -2.44. The van der Waals surface area contributed by atoms with E-state index in [0.29, 0.717) is 94.5 Å². The summed E-state index contributed by atoms with van der Waals surface area (Å²) in [6, 6.07) is 13.9.